The van der Waals surface area contributed by atoms with E-state index >= 15 is 0 Å². The summed E-state index contributed by atoms with van der Waals surface area (Å²) >= 11 is 0. The third kappa shape index (κ3) is 4.89. The molecule has 174 valence electrons. The highest BCUT2D eigenvalue weighted by Gasteiger charge is 2.51. The summed E-state index contributed by atoms with van der Waals surface area (Å²) in [5.74, 6) is -2.68. The van der Waals surface area contributed by atoms with Gasteiger partial charge in [0.2, 0.25) is 5.91 Å². The van der Waals surface area contributed by atoms with Crippen molar-refractivity contribution in [3.05, 3.63) is 71.3 Å². The minimum absolute atomic E-state index is 0.0296. The number of urea groups is 1. The third-order valence-electron chi connectivity index (χ3n) is 6.77. The SMILES string of the molecule is O=C1NC(=O)[C@@](CCCc2ccccc2)(C2CCN(C(=O)Cc3cccc(F)c3F)CC2)N1. The number of piperidine rings is 1. The van der Waals surface area contributed by atoms with Crippen LogP contribution >= 0.6 is 0 Å². The molecule has 4 amide bonds. The molecule has 0 radical (unpaired) electrons. The molecule has 6 nitrogen and oxygen atoms in total. The van der Waals surface area contributed by atoms with Gasteiger partial charge in [-0.25, -0.2) is 13.6 Å². The number of hydrogen-bond donors (Lipinski definition) is 2. The van der Waals surface area contributed by atoms with Crippen LogP contribution in [0.2, 0.25) is 0 Å². The average molecular weight is 456 g/mol. The molecule has 1 atom stereocenters. The van der Waals surface area contributed by atoms with Gasteiger partial charge in [-0.15, -0.1) is 0 Å². The smallest absolute Gasteiger partial charge is 0.322 e. The molecular formula is C25H27F2N3O3. The van der Waals surface area contributed by atoms with Gasteiger partial charge >= 0.3 is 6.03 Å². The predicted molar refractivity (Wildman–Crippen MR) is 118 cm³/mol. The van der Waals surface area contributed by atoms with Gasteiger partial charge in [0.15, 0.2) is 11.6 Å². The number of likely N-dealkylation sites (tertiary alicyclic amines) is 1. The van der Waals surface area contributed by atoms with E-state index in [0.717, 1.165) is 18.9 Å². The maximum Gasteiger partial charge on any atom is 0.322 e. The van der Waals surface area contributed by atoms with Crippen LogP contribution in [0, 0.1) is 17.6 Å². The van der Waals surface area contributed by atoms with Crippen molar-refractivity contribution in [3.8, 4) is 0 Å². The van der Waals surface area contributed by atoms with Crippen LogP contribution in [0.1, 0.15) is 36.8 Å². The third-order valence-corrected chi connectivity index (χ3v) is 6.77. The maximum atomic E-state index is 13.9. The van der Waals surface area contributed by atoms with Gasteiger partial charge in [0.1, 0.15) is 5.54 Å². The molecule has 0 saturated carbocycles. The van der Waals surface area contributed by atoms with Crippen molar-refractivity contribution in [2.75, 3.05) is 13.1 Å². The number of halogens is 2. The molecule has 2 N–H and O–H groups in total. The van der Waals surface area contributed by atoms with Crippen LogP contribution in [0.4, 0.5) is 13.6 Å². The predicted octanol–water partition coefficient (Wildman–Crippen LogP) is 3.35. The Morgan fingerprint density at radius 1 is 1.03 bits per heavy atom. The van der Waals surface area contributed by atoms with Gasteiger partial charge in [-0.05, 0) is 49.7 Å². The number of carbonyl (C=O) groups excluding carboxylic acids is 3. The molecular weight excluding hydrogens is 428 g/mol. The van der Waals surface area contributed by atoms with Gasteiger partial charge in [-0.1, -0.05) is 42.5 Å². The lowest BCUT2D eigenvalue weighted by Gasteiger charge is -2.40. The largest absolute Gasteiger partial charge is 0.342 e. The van der Waals surface area contributed by atoms with E-state index < -0.39 is 23.2 Å². The van der Waals surface area contributed by atoms with Crippen molar-refractivity contribution in [2.45, 2.75) is 44.1 Å². The molecule has 0 unspecified atom stereocenters. The Balaban J connectivity index is 1.38. The zero-order valence-corrected chi connectivity index (χ0v) is 18.3. The van der Waals surface area contributed by atoms with Crippen molar-refractivity contribution in [1.82, 2.24) is 15.5 Å². The van der Waals surface area contributed by atoms with E-state index in [1.54, 1.807) is 4.90 Å². The first-order chi connectivity index (χ1) is 15.9. The quantitative estimate of drug-likeness (QED) is 0.629. The molecule has 2 aliphatic heterocycles. The molecule has 2 aromatic carbocycles. The van der Waals surface area contributed by atoms with E-state index in [1.807, 2.05) is 30.3 Å². The van der Waals surface area contributed by atoms with E-state index in [4.69, 9.17) is 0 Å². The van der Waals surface area contributed by atoms with E-state index in [0.29, 0.717) is 32.4 Å². The van der Waals surface area contributed by atoms with Gasteiger partial charge in [-0.2, -0.15) is 0 Å². The first-order valence-corrected chi connectivity index (χ1v) is 11.3. The number of benzene rings is 2. The fourth-order valence-electron chi connectivity index (χ4n) is 4.97. The van der Waals surface area contributed by atoms with Crippen LogP contribution in [0.3, 0.4) is 0 Å². The summed E-state index contributed by atoms with van der Waals surface area (Å²) in [5, 5.41) is 5.26. The van der Waals surface area contributed by atoms with Crippen molar-refractivity contribution in [2.24, 2.45) is 5.92 Å². The number of aryl methyl sites for hydroxylation is 1. The highest BCUT2D eigenvalue weighted by atomic mass is 19.2. The van der Waals surface area contributed by atoms with E-state index in [9.17, 15) is 23.2 Å². The van der Waals surface area contributed by atoms with Crippen LogP contribution in [0.5, 0.6) is 0 Å². The summed E-state index contributed by atoms with van der Waals surface area (Å²) in [6.07, 6.45) is 2.89. The molecule has 0 aromatic heterocycles. The molecule has 2 saturated heterocycles. The summed E-state index contributed by atoms with van der Waals surface area (Å²) in [7, 11) is 0. The molecule has 33 heavy (non-hydrogen) atoms. The lowest BCUT2D eigenvalue weighted by atomic mass is 9.74. The zero-order valence-electron chi connectivity index (χ0n) is 18.3. The average Bonchev–Trinajstić information content (AvgIpc) is 3.11. The molecule has 8 heteroatoms. The van der Waals surface area contributed by atoms with Crippen LogP contribution in [0.25, 0.3) is 0 Å². The lowest BCUT2D eigenvalue weighted by molar-refractivity contribution is -0.133. The topological polar surface area (TPSA) is 78.5 Å². The first-order valence-electron chi connectivity index (χ1n) is 11.3. The number of hydrogen-bond acceptors (Lipinski definition) is 3. The summed E-state index contributed by atoms with van der Waals surface area (Å²) in [4.78, 5) is 39.1. The maximum absolute atomic E-state index is 13.9. The molecule has 4 rings (SSSR count). The van der Waals surface area contributed by atoms with Crippen molar-refractivity contribution in [1.29, 1.82) is 0 Å². The number of amides is 4. The Morgan fingerprint density at radius 2 is 1.76 bits per heavy atom. The summed E-state index contributed by atoms with van der Waals surface area (Å²) in [6, 6.07) is 13.3. The minimum atomic E-state index is -0.997. The summed E-state index contributed by atoms with van der Waals surface area (Å²) in [6.45, 7) is 0.786. The summed E-state index contributed by atoms with van der Waals surface area (Å²) in [5.41, 5.74) is 0.208. The minimum Gasteiger partial charge on any atom is -0.342 e. The molecule has 0 spiro atoms. The van der Waals surface area contributed by atoms with Crippen LogP contribution in [-0.4, -0.2) is 41.4 Å². The van der Waals surface area contributed by atoms with Crippen molar-refractivity contribution in [3.63, 3.8) is 0 Å². The van der Waals surface area contributed by atoms with Gasteiger partial charge in [0, 0.05) is 18.7 Å². The normalized spacial score (nSPS) is 21.1. The number of rotatable bonds is 7. The van der Waals surface area contributed by atoms with Gasteiger partial charge in [0.05, 0.1) is 6.42 Å². The van der Waals surface area contributed by atoms with Gasteiger partial charge in [-0.3, -0.25) is 14.9 Å². The van der Waals surface area contributed by atoms with Gasteiger partial charge < -0.3 is 10.2 Å². The van der Waals surface area contributed by atoms with Crippen LogP contribution in [0.15, 0.2) is 48.5 Å². The van der Waals surface area contributed by atoms with E-state index in [2.05, 4.69) is 10.6 Å². The fourth-order valence-corrected chi connectivity index (χ4v) is 4.97. The van der Waals surface area contributed by atoms with E-state index in [-0.39, 0.29) is 29.7 Å². The number of nitrogens with zero attached hydrogens (tertiary/aromatic N) is 1. The van der Waals surface area contributed by atoms with Crippen LogP contribution in [-0.2, 0) is 22.4 Å². The second-order valence-corrected chi connectivity index (χ2v) is 8.76. The van der Waals surface area contributed by atoms with E-state index in [1.165, 1.54) is 17.7 Å². The Bertz CT molecular complexity index is 1040. The van der Waals surface area contributed by atoms with Crippen molar-refractivity contribution >= 4 is 17.8 Å². The van der Waals surface area contributed by atoms with Crippen molar-refractivity contribution < 1.29 is 23.2 Å². The Hall–Kier alpha value is -3.29. The molecule has 0 bridgehead atoms. The Morgan fingerprint density at radius 3 is 2.42 bits per heavy atom. The number of carbonyl (C=O) groups is 3. The number of nitrogens with one attached hydrogen (secondary N) is 2. The lowest BCUT2D eigenvalue weighted by Crippen LogP contribution is -2.56. The fraction of sp³-hybridized carbons (Fsp3) is 0.400. The Labute approximate surface area is 191 Å². The number of imide groups is 1. The molecule has 2 fully saturated rings. The first kappa shape index (κ1) is 22.9. The molecule has 0 aliphatic carbocycles. The zero-order chi connectivity index (χ0) is 23.4. The highest BCUT2D eigenvalue weighted by molar-refractivity contribution is 6.07. The molecule has 2 heterocycles. The highest BCUT2D eigenvalue weighted by Crippen LogP contribution is 2.35. The summed E-state index contributed by atoms with van der Waals surface area (Å²) < 4.78 is 27.4. The van der Waals surface area contributed by atoms with Crippen LogP contribution < -0.4 is 10.6 Å². The second kappa shape index (κ2) is 9.68. The monoisotopic (exact) mass is 455 g/mol. The van der Waals surface area contributed by atoms with Gasteiger partial charge in [0.25, 0.3) is 5.91 Å². The standard InChI is InChI=1S/C25H27F2N3O3/c26-20-10-4-9-18(22(20)27)16-21(31)30-14-11-19(12-15-30)25(23(32)28-24(33)29-25)13-5-8-17-6-2-1-3-7-17/h1-4,6-7,9-10,19H,5,8,11-16H2,(H2,28,29,32,33)/t25-/m1/s1. The second-order valence-electron chi connectivity index (χ2n) is 8.76. The molecule has 2 aliphatic rings. The molecule has 2 aromatic rings. The Kier molecular flexibility index (Phi) is 6.72.